The third-order valence-electron chi connectivity index (χ3n) is 8.13. The van der Waals surface area contributed by atoms with E-state index in [2.05, 4.69) is 26.2 Å². The maximum Gasteiger partial charge on any atom is 0.411 e. The van der Waals surface area contributed by atoms with E-state index in [4.69, 9.17) is 4.98 Å². The first-order valence-corrected chi connectivity index (χ1v) is 16.3. The molecule has 2 aromatic rings. The van der Waals surface area contributed by atoms with E-state index in [9.17, 15) is 29.4 Å². The first-order chi connectivity index (χ1) is 21.4. The lowest BCUT2D eigenvalue weighted by Gasteiger charge is -2.55. The quantitative estimate of drug-likeness (QED) is 0.181. The van der Waals surface area contributed by atoms with Crippen molar-refractivity contribution >= 4 is 46.2 Å². The van der Waals surface area contributed by atoms with Gasteiger partial charge in [0.2, 0.25) is 17.6 Å². The maximum absolute atomic E-state index is 12.6. The Labute approximate surface area is 275 Å². The number of aryl methyl sites for hydroxylation is 2. The Morgan fingerprint density at radius 3 is 2.09 bits per heavy atom. The monoisotopic (exact) mass is 659 g/mol. The molecule has 1 aromatic heterocycles. The number of carbonyl (C=O) groups excluding carboxylic acids is 2. The van der Waals surface area contributed by atoms with E-state index >= 15 is 0 Å². The van der Waals surface area contributed by atoms with Crippen molar-refractivity contribution in [3.63, 3.8) is 0 Å². The van der Waals surface area contributed by atoms with Crippen molar-refractivity contribution in [1.29, 1.82) is 0 Å². The topological polar surface area (TPSA) is 176 Å². The van der Waals surface area contributed by atoms with Crippen LogP contribution in [0.2, 0.25) is 0 Å². The van der Waals surface area contributed by atoms with E-state index < -0.39 is 28.9 Å². The molecular formula is C32H49N7O6S. The molecule has 0 spiro atoms. The Hall–Kier alpha value is -3.91. The minimum Gasteiger partial charge on any atom is -0.465 e. The number of amides is 4. The van der Waals surface area contributed by atoms with Gasteiger partial charge in [-0.05, 0) is 77.2 Å². The summed E-state index contributed by atoms with van der Waals surface area (Å²) >= 11 is 1.47. The number of anilines is 2. The Kier molecular flexibility index (Phi) is 11.7. The predicted molar refractivity (Wildman–Crippen MR) is 179 cm³/mol. The number of benzene rings is 1. The number of thiazole rings is 1. The number of carbonyl (C=O) groups is 4. The molecule has 1 fully saturated rings. The highest BCUT2D eigenvalue weighted by molar-refractivity contribution is 7.15. The zero-order chi connectivity index (χ0) is 34.4. The molecular weight excluding hydrogens is 610 g/mol. The van der Waals surface area contributed by atoms with Crippen LogP contribution in [0.1, 0.15) is 77.4 Å². The van der Waals surface area contributed by atoms with Gasteiger partial charge in [-0.1, -0.05) is 32.9 Å². The lowest BCUT2D eigenvalue weighted by molar-refractivity contribution is -0.126. The fourth-order valence-corrected chi connectivity index (χ4v) is 6.93. The second kappa shape index (κ2) is 14.7. The van der Waals surface area contributed by atoms with Crippen LogP contribution in [0.25, 0.3) is 0 Å². The van der Waals surface area contributed by atoms with E-state index in [1.807, 2.05) is 24.3 Å². The smallest absolute Gasteiger partial charge is 0.411 e. The second-order valence-corrected chi connectivity index (χ2v) is 14.8. The number of rotatable bonds is 11. The molecule has 13 nitrogen and oxygen atoms in total. The molecule has 46 heavy (non-hydrogen) atoms. The molecule has 14 heteroatoms. The van der Waals surface area contributed by atoms with Crippen molar-refractivity contribution in [2.24, 2.45) is 11.3 Å². The van der Waals surface area contributed by atoms with Gasteiger partial charge < -0.3 is 26.2 Å². The maximum atomic E-state index is 12.6. The van der Waals surface area contributed by atoms with Crippen LogP contribution in [-0.4, -0.2) is 80.5 Å². The zero-order valence-electron chi connectivity index (χ0n) is 28.1. The Bertz CT molecular complexity index is 1390. The van der Waals surface area contributed by atoms with Crippen LogP contribution in [0.4, 0.5) is 20.4 Å². The van der Waals surface area contributed by atoms with Crippen molar-refractivity contribution in [3.05, 3.63) is 40.4 Å². The molecule has 1 unspecified atom stereocenters. The highest BCUT2D eigenvalue weighted by atomic mass is 32.1. The Morgan fingerprint density at radius 2 is 1.61 bits per heavy atom. The summed E-state index contributed by atoms with van der Waals surface area (Å²) in [6, 6.07) is 7.46. The van der Waals surface area contributed by atoms with Crippen LogP contribution in [0.3, 0.4) is 0 Å². The molecule has 0 bridgehead atoms. The van der Waals surface area contributed by atoms with Crippen LogP contribution in [-0.2, 0) is 29.0 Å². The molecule has 2 heterocycles. The number of carboxylic acid groups (broad SMARTS) is 2. The summed E-state index contributed by atoms with van der Waals surface area (Å²) in [6.45, 7) is 14.2. The van der Waals surface area contributed by atoms with E-state index in [0.717, 1.165) is 47.0 Å². The zero-order valence-corrected chi connectivity index (χ0v) is 28.9. The van der Waals surface area contributed by atoms with Gasteiger partial charge in [-0.2, -0.15) is 0 Å². The van der Waals surface area contributed by atoms with Gasteiger partial charge in [-0.25, -0.2) is 14.6 Å². The Balaban J connectivity index is 1.80. The van der Waals surface area contributed by atoms with E-state index in [1.54, 1.807) is 48.6 Å². The molecule has 1 aliphatic rings. The third kappa shape index (κ3) is 9.09. The number of aromatic nitrogens is 1. The molecule has 0 aliphatic carbocycles. The SMILES string of the molecule is CNC(=O)C1CCN(Cc2sc(NC(C)=O)nc2CCc2ccc(NC(NC(=O)O)(N(C(=O)O)C(C)(C)C)C(C)(C)C)cc2)CC1. The molecule has 1 aliphatic heterocycles. The van der Waals surface area contributed by atoms with Crippen molar-refractivity contribution in [1.82, 2.24) is 25.4 Å². The van der Waals surface area contributed by atoms with Crippen LogP contribution in [0.15, 0.2) is 24.3 Å². The van der Waals surface area contributed by atoms with Crippen LogP contribution < -0.4 is 21.3 Å². The molecule has 0 radical (unpaired) electrons. The molecule has 1 saturated heterocycles. The highest BCUT2D eigenvalue weighted by Gasteiger charge is 2.54. The minimum atomic E-state index is -1.70. The summed E-state index contributed by atoms with van der Waals surface area (Å²) in [5.41, 5.74) is 0.612. The molecule has 1 atom stereocenters. The van der Waals surface area contributed by atoms with Crippen molar-refractivity contribution in [2.45, 2.75) is 92.0 Å². The predicted octanol–water partition coefficient (Wildman–Crippen LogP) is 5.00. The van der Waals surface area contributed by atoms with E-state index in [-0.39, 0.29) is 17.7 Å². The third-order valence-corrected chi connectivity index (χ3v) is 9.13. The van der Waals surface area contributed by atoms with Crippen molar-refractivity contribution in [3.8, 4) is 0 Å². The summed E-state index contributed by atoms with van der Waals surface area (Å²) in [4.78, 5) is 57.6. The van der Waals surface area contributed by atoms with Gasteiger partial charge in [-0.3, -0.25) is 24.7 Å². The summed E-state index contributed by atoms with van der Waals surface area (Å²) in [5.74, 6) is -1.76. The number of likely N-dealkylation sites (tertiary alicyclic amines) is 1. The number of nitrogens with one attached hydrogen (secondary N) is 4. The van der Waals surface area contributed by atoms with Gasteiger partial charge in [0, 0.05) is 48.0 Å². The summed E-state index contributed by atoms with van der Waals surface area (Å²) in [5, 5.41) is 31.9. The van der Waals surface area contributed by atoms with Crippen LogP contribution >= 0.6 is 11.3 Å². The molecule has 6 N–H and O–H groups in total. The van der Waals surface area contributed by atoms with Gasteiger partial charge in [-0.15, -0.1) is 11.3 Å². The van der Waals surface area contributed by atoms with Gasteiger partial charge in [0.15, 0.2) is 5.13 Å². The van der Waals surface area contributed by atoms with Gasteiger partial charge in [0.25, 0.3) is 0 Å². The average Bonchev–Trinajstić information content (AvgIpc) is 3.30. The van der Waals surface area contributed by atoms with Gasteiger partial charge in [0.1, 0.15) is 0 Å². The molecule has 0 saturated carbocycles. The minimum absolute atomic E-state index is 0.0312. The first-order valence-electron chi connectivity index (χ1n) is 15.5. The molecule has 1 aromatic carbocycles. The van der Waals surface area contributed by atoms with Gasteiger partial charge >= 0.3 is 12.2 Å². The normalized spacial score (nSPS) is 15.8. The number of nitrogens with zero attached hydrogens (tertiary/aromatic N) is 3. The lowest BCUT2D eigenvalue weighted by Crippen LogP contribution is -2.76. The summed E-state index contributed by atoms with van der Waals surface area (Å²) < 4.78 is 0. The largest absolute Gasteiger partial charge is 0.465 e. The van der Waals surface area contributed by atoms with Crippen molar-refractivity contribution in [2.75, 3.05) is 30.8 Å². The standard InChI is InChI=1S/C32H49N7O6S/c1-20(40)34-27-35-24(25(46-27)19-38-17-15-22(16-18-38)26(41)33-8)14-11-21-9-12-23(13-10-21)36-32(30(2,3)4,37-28(42)43)39(29(44)45)31(5,6)7/h9-10,12-13,22,36-37H,11,14-19H2,1-8H3,(H,33,41)(H,42,43)(H,44,45)(H,34,35,40). The van der Waals surface area contributed by atoms with E-state index in [1.165, 1.54) is 18.3 Å². The van der Waals surface area contributed by atoms with Crippen LogP contribution in [0, 0.1) is 11.3 Å². The fraction of sp³-hybridized carbons (Fsp3) is 0.594. The van der Waals surface area contributed by atoms with E-state index in [0.29, 0.717) is 30.2 Å². The average molecular weight is 660 g/mol. The molecule has 254 valence electrons. The second-order valence-electron chi connectivity index (χ2n) is 13.7. The lowest BCUT2D eigenvalue weighted by atomic mass is 9.82. The number of hydrogen-bond acceptors (Lipinski definition) is 8. The summed E-state index contributed by atoms with van der Waals surface area (Å²) in [6.07, 6.45) is 0.264. The van der Waals surface area contributed by atoms with Crippen molar-refractivity contribution < 1.29 is 29.4 Å². The molecule has 4 amide bonds. The fourth-order valence-electron chi connectivity index (χ4n) is 5.83. The number of hydrogen-bond donors (Lipinski definition) is 6. The highest BCUT2D eigenvalue weighted by Crippen LogP contribution is 2.39. The van der Waals surface area contributed by atoms with Gasteiger partial charge in [0.05, 0.1) is 5.69 Å². The first kappa shape index (κ1) is 36.6. The summed E-state index contributed by atoms with van der Waals surface area (Å²) in [7, 11) is 1.67. The molecule has 3 rings (SSSR count). The Morgan fingerprint density at radius 1 is 1.00 bits per heavy atom. The van der Waals surface area contributed by atoms with Crippen LogP contribution in [0.5, 0.6) is 0 Å². The number of piperidine rings is 1.